The summed E-state index contributed by atoms with van der Waals surface area (Å²) in [5, 5.41) is 8.63. The van der Waals surface area contributed by atoms with Crippen molar-refractivity contribution in [3.05, 3.63) is 41.2 Å². The zero-order valence-corrected chi connectivity index (χ0v) is 13.5. The molecule has 0 aliphatic heterocycles. The maximum atomic E-state index is 13.6. The van der Waals surface area contributed by atoms with Gasteiger partial charge in [0, 0.05) is 24.4 Å². The topological polar surface area (TPSA) is 40.5 Å². The second-order valence-corrected chi connectivity index (χ2v) is 5.91. The van der Waals surface area contributed by atoms with Gasteiger partial charge in [-0.15, -0.1) is 0 Å². The van der Waals surface area contributed by atoms with Crippen molar-refractivity contribution in [2.45, 2.75) is 25.9 Å². The third-order valence-electron chi connectivity index (χ3n) is 3.28. The Bertz CT molecular complexity index is 505. The summed E-state index contributed by atoms with van der Waals surface area (Å²) in [6.45, 7) is 2.79. The number of halogens is 1. The molecule has 1 rings (SSSR count). The molecule has 0 bridgehead atoms. The number of carboxylic acids is 1. The maximum absolute atomic E-state index is 13.6. The fourth-order valence-electron chi connectivity index (χ4n) is 2.20. The highest BCUT2D eigenvalue weighted by Crippen LogP contribution is 2.16. The molecule has 1 aromatic rings. The second-order valence-electron chi connectivity index (χ2n) is 5.00. The highest BCUT2D eigenvalue weighted by atomic mass is 32.2. The van der Waals surface area contributed by atoms with Gasteiger partial charge in [-0.3, -0.25) is 4.90 Å². The lowest BCUT2D eigenvalue weighted by Gasteiger charge is -2.26. The van der Waals surface area contributed by atoms with Crippen molar-refractivity contribution in [3.8, 4) is 0 Å². The molecule has 21 heavy (non-hydrogen) atoms. The van der Waals surface area contributed by atoms with Crippen molar-refractivity contribution in [2.75, 3.05) is 19.1 Å². The molecule has 0 heterocycles. The molecule has 1 atom stereocenters. The minimum Gasteiger partial charge on any atom is -0.478 e. The molecule has 1 N–H and O–H groups in total. The highest BCUT2D eigenvalue weighted by molar-refractivity contribution is 7.98. The van der Waals surface area contributed by atoms with Crippen LogP contribution in [0.3, 0.4) is 0 Å². The van der Waals surface area contributed by atoms with E-state index >= 15 is 0 Å². The van der Waals surface area contributed by atoms with E-state index < -0.39 is 5.97 Å². The van der Waals surface area contributed by atoms with Crippen molar-refractivity contribution >= 4 is 23.8 Å². The summed E-state index contributed by atoms with van der Waals surface area (Å²) in [6.07, 6.45) is 5.55. The van der Waals surface area contributed by atoms with Crippen LogP contribution in [0.15, 0.2) is 24.3 Å². The van der Waals surface area contributed by atoms with E-state index in [2.05, 4.69) is 18.1 Å². The smallest absolute Gasteiger partial charge is 0.328 e. The van der Waals surface area contributed by atoms with Gasteiger partial charge >= 0.3 is 5.97 Å². The van der Waals surface area contributed by atoms with E-state index in [4.69, 9.17) is 5.11 Å². The first kappa shape index (κ1) is 17.7. The SMILES string of the molecule is CCC(CSC)N(C)Cc1cc(F)cc(/C=C/C(=O)O)c1. The Kier molecular flexibility index (Phi) is 7.47. The molecule has 0 spiro atoms. The summed E-state index contributed by atoms with van der Waals surface area (Å²) < 4.78 is 13.6. The minimum absolute atomic E-state index is 0.344. The molecule has 116 valence electrons. The van der Waals surface area contributed by atoms with E-state index in [1.165, 1.54) is 18.2 Å². The molecular formula is C16H22FNO2S. The predicted molar refractivity (Wildman–Crippen MR) is 87.0 cm³/mol. The standard InChI is InChI=1S/C16H22FNO2S/c1-4-15(11-21-3)18(2)10-13-7-12(5-6-16(19)20)8-14(17)9-13/h5-9,15H,4,10-11H2,1-3H3,(H,19,20)/b6-5+. The van der Waals surface area contributed by atoms with Crippen LogP contribution < -0.4 is 0 Å². The van der Waals surface area contributed by atoms with Gasteiger partial charge in [-0.25, -0.2) is 9.18 Å². The fourth-order valence-corrected chi connectivity index (χ4v) is 3.07. The lowest BCUT2D eigenvalue weighted by Crippen LogP contribution is -2.32. The van der Waals surface area contributed by atoms with Crippen molar-refractivity contribution < 1.29 is 14.3 Å². The van der Waals surface area contributed by atoms with Crippen LogP contribution in [0.25, 0.3) is 6.08 Å². The molecule has 5 heteroatoms. The molecule has 0 aliphatic rings. The predicted octanol–water partition coefficient (Wildman–Crippen LogP) is 3.50. The minimum atomic E-state index is -1.04. The van der Waals surface area contributed by atoms with Gasteiger partial charge in [0.1, 0.15) is 5.82 Å². The highest BCUT2D eigenvalue weighted by Gasteiger charge is 2.13. The number of carboxylic acid groups (broad SMARTS) is 1. The number of aliphatic carboxylic acids is 1. The van der Waals surface area contributed by atoms with E-state index in [0.29, 0.717) is 18.2 Å². The van der Waals surface area contributed by atoms with Crippen molar-refractivity contribution in [3.63, 3.8) is 0 Å². The monoisotopic (exact) mass is 311 g/mol. The summed E-state index contributed by atoms with van der Waals surface area (Å²) in [6, 6.07) is 5.11. The van der Waals surface area contributed by atoms with Gasteiger partial charge in [0.2, 0.25) is 0 Å². The molecule has 3 nitrogen and oxygen atoms in total. The molecule has 0 saturated heterocycles. The maximum Gasteiger partial charge on any atom is 0.328 e. The quantitative estimate of drug-likeness (QED) is 0.746. The lowest BCUT2D eigenvalue weighted by molar-refractivity contribution is -0.131. The van der Waals surface area contributed by atoms with E-state index in [1.54, 1.807) is 11.8 Å². The average molecular weight is 311 g/mol. The van der Waals surface area contributed by atoms with E-state index in [1.807, 2.05) is 13.1 Å². The Hall–Kier alpha value is -1.33. The van der Waals surface area contributed by atoms with Crippen LogP contribution in [0, 0.1) is 5.82 Å². The average Bonchev–Trinajstić information content (AvgIpc) is 2.41. The summed E-state index contributed by atoms with van der Waals surface area (Å²) >= 11 is 1.80. The van der Waals surface area contributed by atoms with E-state index in [0.717, 1.165) is 23.8 Å². The number of benzene rings is 1. The molecule has 1 aromatic carbocycles. The van der Waals surface area contributed by atoms with Crippen LogP contribution in [-0.4, -0.2) is 41.1 Å². The van der Waals surface area contributed by atoms with Crippen molar-refractivity contribution in [1.29, 1.82) is 0 Å². The van der Waals surface area contributed by atoms with Crippen LogP contribution in [0.5, 0.6) is 0 Å². The number of carbonyl (C=O) groups is 1. The Morgan fingerprint density at radius 3 is 2.76 bits per heavy atom. The molecule has 0 aliphatic carbocycles. The van der Waals surface area contributed by atoms with Gasteiger partial charge in [0.15, 0.2) is 0 Å². The molecule has 0 fully saturated rings. The van der Waals surface area contributed by atoms with Gasteiger partial charge in [0.25, 0.3) is 0 Å². The van der Waals surface area contributed by atoms with Gasteiger partial charge < -0.3 is 5.11 Å². The van der Waals surface area contributed by atoms with Gasteiger partial charge in [-0.05, 0) is 49.1 Å². The summed E-state index contributed by atoms with van der Waals surface area (Å²) in [5.41, 5.74) is 1.42. The Morgan fingerprint density at radius 2 is 2.19 bits per heavy atom. The van der Waals surface area contributed by atoms with Crippen LogP contribution in [0.1, 0.15) is 24.5 Å². The van der Waals surface area contributed by atoms with Crippen LogP contribution in [0.4, 0.5) is 4.39 Å². The van der Waals surface area contributed by atoms with Crippen LogP contribution in [0.2, 0.25) is 0 Å². The fraction of sp³-hybridized carbons (Fsp3) is 0.438. The van der Waals surface area contributed by atoms with Gasteiger partial charge in [0.05, 0.1) is 0 Å². The summed E-state index contributed by atoms with van der Waals surface area (Å²) in [4.78, 5) is 12.7. The van der Waals surface area contributed by atoms with E-state index in [9.17, 15) is 9.18 Å². The van der Waals surface area contributed by atoms with Crippen molar-refractivity contribution in [2.24, 2.45) is 0 Å². The zero-order valence-electron chi connectivity index (χ0n) is 12.7. The first-order chi connectivity index (χ1) is 9.96. The Morgan fingerprint density at radius 1 is 1.48 bits per heavy atom. The Labute approximate surface area is 129 Å². The molecule has 0 aromatic heterocycles. The van der Waals surface area contributed by atoms with Gasteiger partial charge in [-0.2, -0.15) is 11.8 Å². The molecule has 0 amide bonds. The lowest BCUT2D eigenvalue weighted by atomic mass is 10.1. The number of hydrogen-bond acceptors (Lipinski definition) is 3. The van der Waals surface area contributed by atoms with Crippen molar-refractivity contribution in [1.82, 2.24) is 4.90 Å². The number of nitrogens with zero attached hydrogens (tertiary/aromatic N) is 1. The number of hydrogen-bond donors (Lipinski definition) is 1. The third kappa shape index (κ3) is 6.31. The second kappa shape index (κ2) is 8.85. The van der Waals surface area contributed by atoms with Gasteiger partial charge in [-0.1, -0.05) is 13.0 Å². The largest absolute Gasteiger partial charge is 0.478 e. The first-order valence-electron chi connectivity index (χ1n) is 6.86. The number of thioether (sulfide) groups is 1. The molecule has 1 unspecified atom stereocenters. The molecule has 0 saturated carbocycles. The Balaban J connectivity index is 2.85. The summed E-state index contributed by atoms with van der Waals surface area (Å²) in [7, 11) is 2.03. The van der Waals surface area contributed by atoms with Crippen LogP contribution in [-0.2, 0) is 11.3 Å². The third-order valence-corrected chi connectivity index (χ3v) is 4.00. The first-order valence-corrected chi connectivity index (χ1v) is 8.25. The number of rotatable bonds is 8. The zero-order chi connectivity index (χ0) is 15.8. The summed E-state index contributed by atoms with van der Waals surface area (Å²) in [5.74, 6) is -0.346. The molecule has 0 radical (unpaired) electrons. The normalized spacial score (nSPS) is 13.0. The van der Waals surface area contributed by atoms with Crippen LogP contribution >= 0.6 is 11.8 Å². The molecular weight excluding hydrogens is 289 g/mol. The van der Waals surface area contributed by atoms with E-state index in [-0.39, 0.29) is 5.82 Å².